The van der Waals surface area contributed by atoms with Gasteiger partial charge in [-0.15, -0.1) is 0 Å². The second kappa shape index (κ2) is 52.0. The van der Waals surface area contributed by atoms with Gasteiger partial charge < -0.3 is 14.2 Å². The smallest absolute Gasteiger partial charge is 0.310 e. The maximum atomic E-state index is 12.7. The highest BCUT2D eigenvalue weighted by atomic mass is 16.6. The molecule has 0 aliphatic heterocycles. The Labute approximate surface area is 394 Å². The fourth-order valence-corrected chi connectivity index (χ4v) is 6.94. The van der Waals surface area contributed by atoms with E-state index >= 15 is 0 Å². The third kappa shape index (κ3) is 49.3. The molecule has 0 aromatic heterocycles. The van der Waals surface area contributed by atoms with E-state index in [1.807, 2.05) is 6.08 Å². The summed E-state index contributed by atoms with van der Waals surface area (Å²) in [4.78, 5) is 37.9. The second-order valence-electron chi connectivity index (χ2n) is 17.1. The standard InChI is InChI=1S/C58H96O6/c1-4-7-10-13-16-19-22-25-27-28-29-30-32-33-36-39-42-45-48-51-57(60)63-54-55(53-62-56(59)50-47-44-41-38-35-24-21-18-15-12-9-6-3)64-58(61)52-49-46-43-40-37-34-31-26-23-20-17-14-11-8-5-2/h8,11,16-17,19-20,25-27,29-31,37,40,46,49,55H,4-7,9-10,12-15,18,21-24,28,32-36,38-39,41-45,47-48,50-54H2,1-3H3/b11-8-,19-16-,20-17-,27-25-,30-29-,31-26-,40-37-,49-46-. The van der Waals surface area contributed by atoms with Crippen LogP contribution in [0, 0.1) is 0 Å². The highest BCUT2D eigenvalue weighted by Gasteiger charge is 2.19. The topological polar surface area (TPSA) is 78.9 Å². The van der Waals surface area contributed by atoms with Crippen LogP contribution in [0.4, 0.5) is 0 Å². The molecule has 0 aromatic carbocycles. The number of rotatable bonds is 46. The van der Waals surface area contributed by atoms with Gasteiger partial charge in [-0.2, -0.15) is 0 Å². The molecule has 0 fully saturated rings. The van der Waals surface area contributed by atoms with Crippen LogP contribution in [-0.4, -0.2) is 37.2 Å². The fourth-order valence-electron chi connectivity index (χ4n) is 6.94. The minimum absolute atomic E-state index is 0.0930. The minimum atomic E-state index is -0.836. The number of ether oxygens (including phenoxy) is 3. The molecule has 0 bridgehead atoms. The van der Waals surface area contributed by atoms with Crippen LogP contribution in [0.3, 0.4) is 0 Å². The van der Waals surface area contributed by atoms with Crippen molar-refractivity contribution >= 4 is 17.9 Å². The Morgan fingerprint density at radius 1 is 0.344 bits per heavy atom. The van der Waals surface area contributed by atoms with Gasteiger partial charge in [0.05, 0.1) is 6.42 Å². The average Bonchev–Trinajstić information content (AvgIpc) is 3.29. The first-order chi connectivity index (χ1) is 31.5. The Morgan fingerprint density at radius 3 is 1.06 bits per heavy atom. The van der Waals surface area contributed by atoms with E-state index in [4.69, 9.17) is 14.2 Å². The molecule has 6 heteroatoms. The van der Waals surface area contributed by atoms with E-state index in [1.54, 1.807) is 6.08 Å². The summed E-state index contributed by atoms with van der Waals surface area (Å²) in [5.74, 6) is -1.07. The Bertz CT molecular complexity index is 1300. The molecule has 0 radical (unpaired) electrons. The van der Waals surface area contributed by atoms with Crippen molar-refractivity contribution in [1.82, 2.24) is 0 Å². The first kappa shape index (κ1) is 60.3. The van der Waals surface area contributed by atoms with Crippen molar-refractivity contribution in [1.29, 1.82) is 0 Å². The van der Waals surface area contributed by atoms with Gasteiger partial charge >= 0.3 is 17.9 Å². The quantitative estimate of drug-likeness (QED) is 0.0262. The monoisotopic (exact) mass is 889 g/mol. The van der Waals surface area contributed by atoms with Gasteiger partial charge in [-0.25, -0.2) is 0 Å². The lowest BCUT2D eigenvalue weighted by Crippen LogP contribution is -2.30. The van der Waals surface area contributed by atoms with Crippen LogP contribution in [0.15, 0.2) is 97.2 Å². The minimum Gasteiger partial charge on any atom is -0.462 e. The summed E-state index contributed by atoms with van der Waals surface area (Å²) in [5, 5.41) is 0. The van der Waals surface area contributed by atoms with E-state index in [0.29, 0.717) is 12.8 Å². The molecule has 0 aliphatic rings. The van der Waals surface area contributed by atoms with E-state index < -0.39 is 12.1 Å². The molecule has 0 aliphatic carbocycles. The fraction of sp³-hybridized carbons (Fsp3) is 0.672. The van der Waals surface area contributed by atoms with Gasteiger partial charge in [0.25, 0.3) is 0 Å². The average molecular weight is 889 g/mol. The van der Waals surface area contributed by atoms with Crippen molar-refractivity contribution in [2.24, 2.45) is 0 Å². The van der Waals surface area contributed by atoms with Gasteiger partial charge in [0, 0.05) is 12.8 Å². The summed E-state index contributed by atoms with van der Waals surface area (Å²) in [6.45, 7) is 6.39. The molecule has 0 aromatic rings. The number of carbonyl (C=O) groups excluding carboxylic acids is 3. The molecule has 0 saturated heterocycles. The number of unbranched alkanes of at least 4 members (excludes halogenated alkanes) is 20. The van der Waals surface area contributed by atoms with Crippen LogP contribution in [0.5, 0.6) is 0 Å². The third-order valence-electron chi connectivity index (χ3n) is 10.9. The summed E-state index contributed by atoms with van der Waals surface area (Å²) >= 11 is 0. The van der Waals surface area contributed by atoms with Crippen LogP contribution in [0.2, 0.25) is 0 Å². The lowest BCUT2D eigenvalue weighted by atomic mass is 10.0. The molecular formula is C58H96O6. The molecule has 0 rings (SSSR count). The van der Waals surface area contributed by atoms with Gasteiger partial charge in [-0.1, -0.05) is 227 Å². The van der Waals surface area contributed by atoms with Crippen molar-refractivity contribution in [3.63, 3.8) is 0 Å². The Balaban J connectivity index is 4.50. The molecule has 64 heavy (non-hydrogen) atoms. The molecule has 1 atom stereocenters. The molecule has 364 valence electrons. The molecule has 0 spiro atoms. The summed E-state index contributed by atoms with van der Waals surface area (Å²) in [6.07, 6.45) is 68.4. The van der Waals surface area contributed by atoms with Crippen molar-refractivity contribution in [3.8, 4) is 0 Å². The maximum absolute atomic E-state index is 12.7. The van der Waals surface area contributed by atoms with Crippen molar-refractivity contribution in [2.75, 3.05) is 13.2 Å². The SMILES string of the molecule is CC/C=C\C/C=C\C/C=C\C/C=C\C/C=C\CC(=O)OC(COC(=O)CCCCCCCC/C=C\C/C=C\C/C=C\CCCCC)COC(=O)CCCCCCCCCCCCCC. The lowest BCUT2D eigenvalue weighted by molar-refractivity contribution is -0.166. The summed E-state index contributed by atoms with van der Waals surface area (Å²) < 4.78 is 16.7. The van der Waals surface area contributed by atoms with Crippen molar-refractivity contribution in [2.45, 2.75) is 239 Å². The highest BCUT2D eigenvalue weighted by Crippen LogP contribution is 2.14. The van der Waals surface area contributed by atoms with Crippen LogP contribution in [-0.2, 0) is 28.6 Å². The van der Waals surface area contributed by atoms with Gasteiger partial charge in [0.15, 0.2) is 6.10 Å². The van der Waals surface area contributed by atoms with Crippen molar-refractivity contribution < 1.29 is 28.6 Å². The number of carbonyl (C=O) groups is 3. The van der Waals surface area contributed by atoms with Crippen LogP contribution < -0.4 is 0 Å². The van der Waals surface area contributed by atoms with E-state index in [1.165, 1.54) is 96.3 Å². The molecular weight excluding hydrogens is 793 g/mol. The Morgan fingerprint density at radius 2 is 0.656 bits per heavy atom. The first-order valence-electron chi connectivity index (χ1n) is 26.2. The first-order valence-corrected chi connectivity index (χ1v) is 26.2. The zero-order valence-corrected chi connectivity index (χ0v) is 41.5. The number of allylic oxidation sites excluding steroid dienone is 15. The van der Waals surface area contributed by atoms with E-state index in [9.17, 15) is 14.4 Å². The van der Waals surface area contributed by atoms with Crippen LogP contribution in [0.1, 0.15) is 233 Å². The number of hydrogen-bond acceptors (Lipinski definition) is 6. The lowest BCUT2D eigenvalue weighted by Gasteiger charge is -2.18. The summed E-state index contributed by atoms with van der Waals surface area (Å²) in [5.41, 5.74) is 0. The van der Waals surface area contributed by atoms with Gasteiger partial charge in [0.2, 0.25) is 0 Å². The van der Waals surface area contributed by atoms with Gasteiger partial charge in [0.1, 0.15) is 13.2 Å². The zero-order chi connectivity index (χ0) is 46.5. The largest absolute Gasteiger partial charge is 0.462 e. The molecule has 0 saturated carbocycles. The van der Waals surface area contributed by atoms with Crippen LogP contribution >= 0.6 is 0 Å². The number of hydrogen-bond donors (Lipinski definition) is 0. The highest BCUT2D eigenvalue weighted by molar-refractivity contribution is 5.72. The van der Waals surface area contributed by atoms with E-state index in [-0.39, 0.29) is 31.6 Å². The van der Waals surface area contributed by atoms with Crippen molar-refractivity contribution in [3.05, 3.63) is 97.2 Å². The van der Waals surface area contributed by atoms with Gasteiger partial charge in [-0.05, 0) is 83.5 Å². The van der Waals surface area contributed by atoms with Crippen LogP contribution in [0.25, 0.3) is 0 Å². The van der Waals surface area contributed by atoms with Gasteiger partial charge in [-0.3, -0.25) is 14.4 Å². The number of esters is 3. The predicted octanol–water partition coefficient (Wildman–Crippen LogP) is 17.4. The predicted molar refractivity (Wildman–Crippen MR) is 274 cm³/mol. The maximum Gasteiger partial charge on any atom is 0.310 e. The second-order valence-corrected chi connectivity index (χ2v) is 17.1. The molecule has 0 amide bonds. The third-order valence-corrected chi connectivity index (χ3v) is 10.9. The zero-order valence-electron chi connectivity index (χ0n) is 41.5. The van der Waals surface area contributed by atoms with E-state index in [0.717, 1.165) is 96.3 Å². The molecule has 0 heterocycles. The Hall–Kier alpha value is -3.67. The normalized spacial score (nSPS) is 12.9. The summed E-state index contributed by atoms with van der Waals surface area (Å²) in [7, 11) is 0. The Kier molecular flexibility index (Phi) is 49.0. The molecule has 6 nitrogen and oxygen atoms in total. The van der Waals surface area contributed by atoms with E-state index in [2.05, 4.69) is 106 Å². The molecule has 1 unspecified atom stereocenters. The molecule has 0 N–H and O–H groups in total. The summed E-state index contributed by atoms with van der Waals surface area (Å²) in [6, 6.07) is 0.